The van der Waals surface area contributed by atoms with Gasteiger partial charge in [-0.2, -0.15) is 0 Å². The molecule has 1 fully saturated rings. The molecule has 1 aliphatic rings. The van der Waals surface area contributed by atoms with E-state index in [9.17, 15) is 8.42 Å². The number of benzene rings is 2. The SMILES string of the molecule is COc1ccc(-n2c(C)ccc2C2C(c3ccccn3)NC(=S)N2c2ccc(NS(C)(=O)=O)c(C)c2)cc1. The van der Waals surface area contributed by atoms with E-state index in [-0.39, 0.29) is 12.1 Å². The van der Waals surface area contributed by atoms with Crippen LogP contribution >= 0.6 is 12.2 Å². The minimum Gasteiger partial charge on any atom is -0.497 e. The Kier molecular flexibility index (Phi) is 6.85. The number of rotatable bonds is 7. The predicted molar refractivity (Wildman–Crippen MR) is 155 cm³/mol. The molecule has 0 amide bonds. The van der Waals surface area contributed by atoms with Gasteiger partial charge in [0.05, 0.1) is 30.8 Å². The molecule has 0 bridgehead atoms. The van der Waals surface area contributed by atoms with Crippen LogP contribution in [-0.2, 0) is 10.0 Å². The third-order valence-electron chi connectivity index (χ3n) is 6.62. The van der Waals surface area contributed by atoms with Crippen molar-refractivity contribution in [3.63, 3.8) is 0 Å². The Balaban J connectivity index is 1.65. The first-order chi connectivity index (χ1) is 18.2. The van der Waals surface area contributed by atoms with Gasteiger partial charge in [0.2, 0.25) is 10.0 Å². The molecule has 2 unspecified atom stereocenters. The van der Waals surface area contributed by atoms with E-state index in [0.717, 1.165) is 46.0 Å². The van der Waals surface area contributed by atoms with E-state index in [1.807, 2.05) is 61.5 Å². The van der Waals surface area contributed by atoms with Gasteiger partial charge in [-0.3, -0.25) is 9.71 Å². The highest BCUT2D eigenvalue weighted by molar-refractivity contribution is 7.92. The Morgan fingerprint density at radius 3 is 2.37 bits per heavy atom. The molecular formula is C28H29N5O3S2. The van der Waals surface area contributed by atoms with E-state index in [2.05, 4.69) is 43.5 Å². The van der Waals surface area contributed by atoms with E-state index in [1.54, 1.807) is 19.4 Å². The highest BCUT2D eigenvalue weighted by Crippen LogP contribution is 2.43. The van der Waals surface area contributed by atoms with E-state index >= 15 is 0 Å². The lowest BCUT2D eigenvalue weighted by Gasteiger charge is -2.30. The topological polar surface area (TPSA) is 88.5 Å². The molecular weight excluding hydrogens is 518 g/mol. The number of nitrogens with zero attached hydrogens (tertiary/aromatic N) is 3. The van der Waals surface area contributed by atoms with Gasteiger partial charge < -0.3 is 19.5 Å². The van der Waals surface area contributed by atoms with Gasteiger partial charge in [-0.25, -0.2) is 8.42 Å². The van der Waals surface area contributed by atoms with Crippen molar-refractivity contribution in [3.05, 3.63) is 102 Å². The van der Waals surface area contributed by atoms with E-state index in [0.29, 0.717) is 10.8 Å². The number of anilines is 2. The van der Waals surface area contributed by atoms with Crippen molar-refractivity contribution in [3.8, 4) is 11.4 Å². The molecule has 0 aliphatic carbocycles. The van der Waals surface area contributed by atoms with Crippen molar-refractivity contribution in [2.24, 2.45) is 0 Å². The zero-order valence-corrected chi connectivity index (χ0v) is 23.2. The van der Waals surface area contributed by atoms with Crippen molar-refractivity contribution in [1.82, 2.24) is 14.9 Å². The second kappa shape index (κ2) is 10.1. The van der Waals surface area contributed by atoms with E-state index in [4.69, 9.17) is 17.0 Å². The van der Waals surface area contributed by atoms with Gasteiger partial charge in [-0.05, 0) is 98.4 Å². The molecule has 4 aromatic rings. The summed E-state index contributed by atoms with van der Waals surface area (Å²) in [6.07, 6.45) is 2.92. The van der Waals surface area contributed by atoms with Crippen LogP contribution < -0.4 is 19.7 Å². The van der Waals surface area contributed by atoms with Crippen molar-refractivity contribution >= 4 is 38.7 Å². The third-order valence-corrected chi connectivity index (χ3v) is 7.53. The Morgan fingerprint density at radius 1 is 1.00 bits per heavy atom. The van der Waals surface area contributed by atoms with Gasteiger partial charge >= 0.3 is 0 Å². The molecule has 10 heteroatoms. The smallest absolute Gasteiger partial charge is 0.229 e. The van der Waals surface area contributed by atoms with Crippen LogP contribution in [-0.4, -0.2) is 36.4 Å². The minimum atomic E-state index is -3.40. The highest BCUT2D eigenvalue weighted by atomic mass is 32.2. The molecule has 8 nitrogen and oxygen atoms in total. The van der Waals surface area contributed by atoms with Crippen LogP contribution in [0, 0.1) is 13.8 Å². The summed E-state index contributed by atoms with van der Waals surface area (Å²) in [5, 5.41) is 4.06. The quantitative estimate of drug-likeness (QED) is 0.313. The summed E-state index contributed by atoms with van der Waals surface area (Å²) in [5.41, 5.74) is 6.15. The second-order valence-corrected chi connectivity index (χ2v) is 11.4. The number of aromatic nitrogens is 2. The summed E-state index contributed by atoms with van der Waals surface area (Å²) in [6.45, 7) is 3.95. The molecule has 3 heterocycles. The Labute approximate surface area is 228 Å². The average Bonchev–Trinajstić information content (AvgIpc) is 3.44. The Morgan fingerprint density at radius 2 is 1.74 bits per heavy atom. The Bertz CT molecular complexity index is 1580. The molecule has 0 radical (unpaired) electrons. The number of hydrogen-bond donors (Lipinski definition) is 2. The lowest BCUT2D eigenvalue weighted by Crippen LogP contribution is -2.30. The molecule has 2 atom stereocenters. The molecule has 5 rings (SSSR count). The number of hydrogen-bond acceptors (Lipinski definition) is 5. The zero-order valence-electron chi connectivity index (χ0n) is 21.5. The number of methoxy groups -OCH3 is 1. The number of thiocarbonyl (C=S) groups is 1. The number of aryl methyl sites for hydroxylation is 2. The molecule has 1 aliphatic heterocycles. The van der Waals surface area contributed by atoms with Crippen molar-refractivity contribution in [1.29, 1.82) is 0 Å². The molecule has 196 valence electrons. The molecule has 2 aromatic carbocycles. The van der Waals surface area contributed by atoms with Crippen molar-refractivity contribution in [2.45, 2.75) is 25.9 Å². The highest BCUT2D eigenvalue weighted by Gasteiger charge is 2.42. The van der Waals surface area contributed by atoms with Gasteiger partial charge in [0.1, 0.15) is 11.8 Å². The molecule has 0 spiro atoms. The number of sulfonamides is 1. The number of pyridine rings is 1. The fourth-order valence-electron chi connectivity index (χ4n) is 4.92. The van der Waals surface area contributed by atoms with Crippen LogP contribution in [0.2, 0.25) is 0 Å². The van der Waals surface area contributed by atoms with Gasteiger partial charge in [0.25, 0.3) is 0 Å². The van der Waals surface area contributed by atoms with Gasteiger partial charge in [0, 0.05) is 29.0 Å². The summed E-state index contributed by atoms with van der Waals surface area (Å²) in [4.78, 5) is 6.74. The van der Waals surface area contributed by atoms with Crippen LogP contribution in [0.25, 0.3) is 5.69 Å². The fraction of sp³-hybridized carbons (Fsp3) is 0.214. The minimum absolute atomic E-state index is 0.218. The third kappa shape index (κ3) is 4.97. The molecule has 1 saturated heterocycles. The molecule has 0 saturated carbocycles. The van der Waals surface area contributed by atoms with Gasteiger partial charge in [0.15, 0.2) is 5.11 Å². The first-order valence-corrected chi connectivity index (χ1v) is 14.4. The van der Waals surface area contributed by atoms with Crippen molar-refractivity contribution in [2.75, 3.05) is 23.0 Å². The summed E-state index contributed by atoms with van der Waals surface area (Å²) in [6, 6.07) is 23.2. The van der Waals surface area contributed by atoms with Crippen LogP contribution in [0.5, 0.6) is 5.75 Å². The summed E-state index contributed by atoms with van der Waals surface area (Å²) in [5.74, 6) is 0.787. The number of nitrogens with one attached hydrogen (secondary N) is 2. The molecule has 2 aromatic heterocycles. The van der Waals surface area contributed by atoms with Gasteiger partial charge in [-0.1, -0.05) is 6.07 Å². The first kappa shape index (κ1) is 25.7. The second-order valence-electron chi connectivity index (χ2n) is 9.30. The predicted octanol–water partition coefficient (Wildman–Crippen LogP) is 5.05. The maximum atomic E-state index is 11.8. The number of ether oxygens (including phenoxy) is 1. The molecule has 2 N–H and O–H groups in total. The van der Waals surface area contributed by atoms with Crippen molar-refractivity contribution < 1.29 is 13.2 Å². The van der Waals surface area contributed by atoms with Crippen LogP contribution in [0.15, 0.2) is 79.0 Å². The summed E-state index contributed by atoms with van der Waals surface area (Å²) in [7, 11) is -1.75. The largest absolute Gasteiger partial charge is 0.497 e. The maximum Gasteiger partial charge on any atom is 0.229 e. The normalized spacial score (nSPS) is 17.4. The Hall–Kier alpha value is -3.89. The van der Waals surface area contributed by atoms with E-state index < -0.39 is 10.0 Å². The average molecular weight is 548 g/mol. The summed E-state index contributed by atoms with van der Waals surface area (Å²) >= 11 is 5.89. The van der Waals surface area contributed by atoms with Gasteiger partial charge in [-0.15, -0.1) is 0 Å². The maximum absolute atomic E-state index is 11.8. The van der Waals surface area contributed by atoms with Crippen LogP contribution in [0.4, 0.5) is 11.4 Å². The standard InChI is InChI=1S/C28H29N5O3S2/c1-18-17-21(11-14-23(18)31-38(4,34)35)33-27(26(30-28(33)37)24-7-5-6-16-29-24)25-15-8-19(2)32(25)20-9-12-22(36-3)13-10-20/h5-17,26-27,31H,1-4H3,(H,30,37). The van der Waals surface area contributed by atoms with Crippen LogP contribution in [0.3, 0.4) is 0 Å². The van der Waals surface area contributed by atoms with E-state index in [1.165, 1.54) is 0 Å². The monoisotopic (exact) mass is 547 g/mol. The lowest BCUT2D eigenvalue weighted by molar-refractivity contribution is 0.414. The lowest BCUT2D eigenvalue weighted by atomic mass is 10.0. The first-order valence-electron chi connectivity index (χ1n) is 12.1. The summed E-state index contributed by atoms with van der Waals surface area (Å²) < 4.78 is 33.8. The fourth-order valence-corrected chi connectivity index (χ4v) is 5.89. The zero-order chi connectivity index (χ0) is 27.0. The van der Waals surface area contributed by atoms with Crippen LogP contribution in [0.1, 0.15) is 34.7 Å². The molecule has 38 heavy (non-hydrogen) atoms.